The zero-order chi connectivity index (χ0) is 21.7. The quantitative estimate of drug-likeness (QED) is 0.473. The molecule has 1 atom stereocenters. The fourth-order valence-corrected chi connectivity index (χ4v) is 5.15. The molecule has 0 saturated carbocycles. The van der Waals surface area contributed by atoms with Crippen molar-refractivity contribution < 1.29 is 13.2 Å². The van der Waals surface area contributed by atoms with Crippen LogP contribution in [0.1, 0.15) is 31.3 Å². The summed E-state index contributed by atoms with van der Waals surface area (Å²) in [5, 5.41) is 9.73. The maximum Gasteiger partial charge on any atom is 0.241 e. The molecule has 0 bridgehead atoms. The van der Waals surface area contributed by atoms with Crippen LogP contribution in [0.5, 0.6) is 5.75 Å². The van der Waals surface area contributed by atoms with Crippen LogP contribution < -0.4 is 9.46 Å². The SMILES string of the molecule is CCn1c(SCc2ccc(OC)cc2)nnc1C(C)NS(=O)(=O)c1ccc(Cl)cc1. The third-order valence-electron chi connectivity index (χ3n) is 4.43. The summed E-state index contributed by atoms with van der Waals surface area (Å²) in [4.78, 5) is 0.149. The van der Waals surface area contributed by atoms with Gasteiger partial charge in [0.05, 0.1) is 18.0 Å². The molecule has 0 radical (unpaired) electrons. The minimum Gasteiger partial charge on any atom is -0.497 e. The molecule has 0 fully saturated rings. The van der Waals surface area contributed by atoms with Crippen molar-refractivity contribution in [3.05, 3.63) is 64.9 Å². The summed E-state index contributed by atoms with van der Waals surface area (Å²) in [5.74, 6) is 2.09. The van der Waals surface area contributed by atoms with E-state index in [4.69, 9.17) is 16.3 Å². The Balaban J connectivity index is 1.72. The Morgan fingerprint density at radius 1 is 1.13 bits per heavy atom. The van der Waals surface area contributed by atoms with Crippen LogP contribution in [0.25, 0.3) is 0 Å². The highest BCUT2D eigenvalue weighted by Gasteiger charge is 2.23. The minimum absolute atomic E-state index is 0.149. The molecule has 0 amide bonds. The summed E-state index contributed by atoms with van der Waals surface area (Å²) < 4.78 is 35.1. The number of nitrogens with zero attached hydrogens (tertiary/aromatic N) is 3. The molecule has 3 aromatic rings. The first kappa shape index (κ1) is 22.6. The van der Waals surface area contributed by atoms with Crippen LogP contribution in [-0.2, 0) is 22.3 Å². The van der Waals surface area contributed by atoms with Crippen molar-refractivity contribution in [3.63, 3.8) is 0 Å². The van der Waals surface area contributed by atoms with Gasteiger partial charge in [0.2, 0.25) is 10.0 Å². The van der Waals surface area contributed by atoms with Gasteiger partial charge in [0, 0.05) is 17.3 Å². The monoisotopic (exact) mass is 466 g/mol. The third kappa shape index (κ3) is 5.34. The molecular formula is C20H23ClN4O3S2. The molecule has 1 N–H and O–H groups in total. The summed E-state index contributed by atoms with van der Waals surface area (Å²) in [6.07, 6.45) is 0. The van der Waals surface area contributed by atoms with E-state index in [2.05, 4.69) is 14.9 Å². The summed E-state index contributed by atoms with van der Waals surface area (Å²) in [5.41, 5.74) is 1.13. The second-order valence-corrected chi connectivity index (χ2v) is 9.61. The number of sulfonamides is 1. The molecular weight excluding hydrogens is 444 g/mol. The Bertz CT molecular complexity index is 1080. The van der Waals surface area contributed by atoms with Crippen molar-refractivity contribution in [1.82, 2.24) is 19.5 Å². The number of rotatable bonds is 9. The van der Waals surface area contributed by atoms with Gasteiger partial charge in [-0.05, 0) is 55.8 Å². The van der Waals surface area contributed by atoms with Crippen LogP contribution in [0.3, 0.4) is 0 Å². The van der Waals surface area contributed by atoms with Gasteiger partial charge in [-0.2, -0.15) is 0 Å². The highest BCUT2D eigenvalue weighted by atomic mass is 35.5. The highest BCUT2D eigenvalue weighted by molar-refractivity contribution is 7.98. The van der Waals surface area contributed by atoms with Crippen LogP contribution >= 0.6 is 23.4 Å². The van der Waals surface area contributed by atoms with E-state index in [1.54, 1.807) is 37.9 Å². The number of aromatic nitrogens is 3. The van der Waals surface area contributed by atoms with Crippen molar-refractivity contribution in [2.45, 2.75) is 42.2 Å². The van der Waals surface area contributed by atoms with E-state index in [1.165, 1.54) is 12.1 Å². The summed E-state index contributed by atoms with van der Waals surface area (Å²) in [6.45, 7) is 4.35. The lowest BCUT2D eigenvalue weighted by Crippen LogP contribution is -2.29. The van der Waals surface area contributed by atoms with Crippen molar-refractivity contribution >= 4 is 33.4 Å². The topological polar surface area (TPSA) is 86.1 Å². The van der Waals surface area contributed by atoms with Gasteiger partial charge in [-0.3, -0.25) is 0 Å². The lowest BCUT2D eigenvalue weighted by Gasteiger charge is -2.15. The fraction of sp³-hybridized carbons (Fsp3) is 0.300. The van der Waals surface area contributed by atoms with Crippen molar-refractivity contribution in [3.8, 4) is 5.75 Å². The number of nitrogens with one attached hydrogen (secondary N) is 1. The first-order valence-electron chi connectivity index (χ1n) is 9.30. The smallest absolute Gasteiger partial charge is 0.241 e. The Morgan fingerprint density at radius 2 is 1.80 bits per heavy atom. The molecule has 0 aliphatic carbocycles. The average Bonchev–Trinajstić information content (AvgIpc) is 3.15. The number of halogens is 1. The van der Waals surface area contributed by atoms with E-state index in [0.29, 0.717) is 23.1 Å². The van der Waals surface area contributed by atoms with Gasteiger partial charge >= 0.3 is 0 Å². The number of hydrogen-bond donors (Lipinski definition) is 1. The molecule has 7 nitrogen and oxygen atoms in total. The molecule has 1 unspecified atom stereocenters. The van der Waals surface area contributed by atoms with Gasteiger partial charge in [0.1, 0.15) is 5.75 Å². The van der Waals surface area contributed by atoms with Crippen molar-refractivity contribution in [1.29, 1.82) is 0 Å². The van der Waals surface area contributed by atoms with Crippen molar-refractivity contribution in [2.75, 3.05) is 7.11 Å². The van der Waals surface area contributed by atoms with E-state index in [9.17, 15) is 8.42 Å². The largest absolute Gasteiger partial charge is 0.497 e. The Morgan fingerprint density at radius 3 is 2.40 bits per heavy atom. The van der Waals surface area contributed by atoms with Gasteiger partial charge in [-0.1, -0.05) is 35.5 Å². The average molecular weight is 467 g/mol. The molecule has 10 heteroatoms. The second kappa shape index (κ2) is 9.82. The first-order valence-corrected chi connectivity index (χ1v) is 12.2. The minimum atomic E-state index is -3.71. The summed E-state index contributed by atoms with van der Waals surface area (Å²) in [6, 6.07) is 13.3. The van der Waals surface area contributed by atoms with Crippen LogP contribution in [0.2, 0.25) is 5.02 Å². The Labute approximate surface area is 185 Å². The molecule has 0 saturated heterocycles. The predicted molar refractivity (Wildman–Crippen MR) is 118 cm³/mol. The van der Waals surface area contributed by atoms with Crippen LogP contribution in [0.15, 0.2) is 58.6 Å². The number of benzene rings is 2. The van der Waals surface area contributed by atoms with Gasteiger partial charge < -0.3 is 9.30 Å². The van der Waals surface area contributed by atoms with Crippen LogP contribution in [0, 0.1) is 0 Å². The van der Waals surface area contributed by atoms with Crippen molar-refractivity contribution in [2.24, 2.45) is 0 Å². The normalized spacial score (nSPS) is 12.7. The molecule has 160 valence electrons. The number of thioether (sulfide) groups is 1. The van der Waals surface area contributed by atoms with E-state index in [1.807, 2.05) is 35.8 Å². The number of ether oxygens (including phenoxy) is 1. The molecule has 0 aliphatic heterocycles. The van der Waals surface area contributed by atoms with E-state index in [-0.39, 0.29) is 4.90 Å². The van der Waals surface area contributed by atoms with Crippen LogP contribution in [0.4, 0.5) is 0 Å². The van der Waals surface area contributed by atoms with E-state index >= 15 is 0 Å². The molecule has 1 aromatic heterocycles. The lowest BCUT2D eigenvalue weighted by molar-refractivity contribution is 0.414. The first-order chi connectivity index (χ1) is 14.3. The number of methoxy groups -OCH3 is 1. The van der Waals surface area contributed by atoms with Gasteiger partial charge in [0.25, 0.3) is 0 Å². The maximum atomic E-state index is 12.7. The standard InChI is InChI=1S/C20H23ClN4O3S2/c1-4-25-19(14(2)24-30(26,27)18-11-7-16(21)8-12-18)22-23-20(25)29-13-15-5-9-17(28-3)10-6-15/h5-12,14,24H,4,13H2,1-3H3. The lowest BCUT2D eigenvalue weighted by atomic mass is 10.2. The second-order valence-electron chi connectivity index (χ2n) is 6.52. The molecule has 1 heterocycles. The fourth-order valence-electron chi connectivity index (χ4n) is 2.86. The molecule has 3 rings (SSSR count). The summed E-state index contributed by atoms with van der Waals surface area (Å²) in [7, 11) is -2.07. The number of hydrogen-bond acceptors (Lipinski definition) is 6. The van der Waals surface area contributed by atoms with E-state index in [0.717, 1.165) is 16.5 Å². The molecule has 0 aliphatic rings. The summed E-state index contributed by atoms with van der Waals surface area (Å²) >= 11 is 7.40. The zero-order valence-electron chi connectivity index (χ0n) is 16.9. The molecule has 2 aromatic carbocycles. The Kier molecular flexibility index (Phi) is 7.41. The van der Waals surface area contributed by atoms with E-state index < -0.39 is 16.1 Å². The third-order valence-corrected chi connectivity index (χ3v) is 7.28. The van der Waals surface area contributed by atoms with Gasteiger partial charge in [-0.25, -0.2) is 13.1 Å². The molecule has 0 spiro atoms. The molecule has 30 heavy (non-hydrogen) atoms. The van der Waals surface area contributed by atoms with Crippen LogP contribution in [-0.4, -0.2) is 30.3 Å². The van der Waals surface area contributed by atoms with Gasteiger partial charge in [0.15, 0.2) is 11.0 Å². The van der Waals surface area contributed by atoms with Gasteiger partial charge in [-0.15, -0.1) is 10.2 Å². The highest BCUT2D eigenvalue weighted by Crippen LogP contribution is 2.26. The maximum absolute atomic E-state index is 12.7. The Hall–Kier alpha value is -2.07. The predicted octanol–water partition coefficient (Wildman–Crippen LogP) is 4.29. The zero-order valence-corrected chi connectivity index (χ0v) is 19.3.